The van der Waals surface area contributed by atoms with Gasteiger partial charge in [0.2, 0.25) is 5.91 Å². The van der Waals surface area contributed by atoms with Crippen LogP contribution in [0.2, 0.25) is 0 Å². The molecule has 152 valence electrons. The maximum absolute atomic E-state index is 11.8. The van der Waals surface area contributed by atoms with Crippen LogP contribution in [0, 0.1) is 6.92 Å². The number of furan rings is 1. The van der Waals surface area contributed by atoms with Crippen molar-refractivity contribution in [1.29, 1.82) is 0 Å². The molecule has 1 unspecified atom stereocenters. The molecule has 0 radical (unpaired) electrons. The Balaban J connectivity index is 0.00000280. The summed E-state index contributed by atoms with van der Waals surface area (Å²) in [5, 5.41) is 6.68. The van der Waals surface area contributed by atoms with E-state index in [1.807, 2.05) is 36.9 Å². The van der Waals surface area contributed by atoms with Crippen LogP contribution in [-0.4, -0.2) is 30.4 Å². The Morgan fingerprint density at radius 3 is 2.71 bits per heavy atom. The van der Waals surface area contributed by atoms with Crippen molar-refractivity contribution in [3.8, 4) is 0 Å². The zero-order valence-corrected chi connectivity index (χ0v) is 19.0. The Morgan fingerprint density at radius 2 is 2.07 bits per heavy atom. The molecule has 1 aromatic heterocycles. The molecule has 0 saturated carbocycles. The van der Waals surface area contributed by atoms with Crippen molar-refractivity contribution < 1.29 is 9.21 Å². The van der Waals surface area contributed by atoms with Crippen molar-refractivity contribution in [3.05, 3.63) is 59.0 Å². The lowest BCUT2D eigenvalue weighted by Gasteiger charge is -2.18. The average Bonchev–Trinajstić information content (AvgIpc) is 3.27. The van der Waals surface area contributed by atoms with Gasteiger partial charge in [-0.15, -0.1) is 24.0 Å². The van der Waals surface area contributed by atoms with Gasteiger partial charge in [-0.25, -0.2) is 0 Å². The molecule has 1 fully saturated rings. The fraction of sp³-hybridized carbons (Fsp3) is 0.429. The number of guanidine groups is 1. The lowest BCUT2D eigenvalue weighted by molar-refractivity contribution is -0.128. The van der Waals surface area contributed by atoms with Crippen LogP contribution in [-0.2, 0) is 17.9 Å². The van der Waals surface area contributed by atoms with Gasteiger partial charge in [0, 0.05) is 33.1 Å². The predicted octanol–water partition coefficient (Wildman–Crippen LogP) is 3.75. The van der Waals surface area contributed by atoms with Crippen molar-refractivity contribution in [2.75, 3.05) is 13.6 Å². The molecule has 28 heavy (non-hydrogen) atoms. The van der Waals surface area contributed by atoms with Crippen molar-refractivity contribution in [2.45, 2.75) is 45.8 Å². The molecule has 1 amide bonds. The largest absolute Gasteiger partial charge is 0.464 e. The fourth-order valence-electron chi connectivity index (χ4n) is 3.27. The molecule has 6 nitrogen and oxygen atoms in total. The van der Waals surface area contributed by atoms with Crippen molar-refractivity contribution in [2.24, 2.45) is 4.99 Å². The first-order valence-electron chi connectivity index (χ1n) is 9.44. The Bertz CT molecular complexity index is 818. The van der Waals surface area contributed by atoms with Crippen molar-refractivity contribution in [1.82, 2.24) is 15.5 Å². The van der Waals surface area contributed by atoms with Crippen LogP contribution >= 0.6 is 24.0 Å². The minimum Gasteiger partial charge on any atom is -0.464 e. The Morgan fingerprint density at radius 1 is 1.29 bits per heavy atom. The molecule has 0 bridgehead atoms. The molecule has 2 aromatic rings. The fourth-order valence-corrected chi connectivity index (χ4v) is 3.27. The number of benzene rings is 1. The summed E-state index contributed by atoms with van der Waals surface area (Å²) in [5.41, 5.74) is 2.32. The van der Waals surface area contributed by atoms with Crippen LogP contribution in [0.3, 0.4) is 0 Å². The summed E-state index contributed by atoms with van der Waals surface area (Å²) in [5.74, 6) is 2.75. The zero-order chi connectivity index (χ0) is 19.2. The van der Waals surface area contributed by atoms with Gasteiger partial charge in [0.15, 0.2) is 5.96 Å². The Labute approximate surface area is 183 Å². The summed E-state index contributed by atoms with van der Waals surface area (Å²) in [6.45, 7) is 6.19. The van der Waals surface area contributed by atoms with Crippen molar-refractivity contribution >= 4 is 35.8 Å². The zero-order valence-electron chi connectivity index (χ0n) is 16.7. The molecule has 1 saturated heterocycles. The van der Waals surface area contributed by atoms with Crippen LogP contribution in [0.5, 0.6) is 0 Å². The quantitative estimate of drug-likeness (QED) is 0.363. The van der Waals surface area contributed by atoms with Gasteiger partial charge in [0.1, 0.15) is 11.5 Å². The van der Waals surface area contributed by atoms with E-state index in [0.29, 0.717) is 19.5 Å². The number of carbonyl (C=O) groups is 1. The summed E-state index contributed by atoms with van der Waals surface area (Å²) in [6, 6.07) is 12.3. The molecule has 0 aliphatic carbocycles. The summed E-state index contributed by atoms with van der Waals surface area (Å²) >= 11 is 0. The number of rotatable bonds is 6. The van der Waals surface area contributed by atoms with E-state index in [4.69, 9.17) is 4.42 Å². The number of hydrogen-bond acceptors (Lipinski definition) is 3. The van der Waals surface area contributed by atoms with E-state index < -0.39 is 0 Å². The second-order valence-electron chi connectivity index (χ2n) is 6.98. The van der Waals surface area contributed by atoms with E-state index in [0.717, 1.165) is 41.6 Å². The topological polar surface area (TPSA) is 69.9 Å². The molecular weight excluding hydrogens is 467 g/mol. The number of nitrogens with one attached hydrogen (secondary N) is 2. The smallest absolute Gasteiger partial charge is 0.222 e. The first kappa shape index (κ1) is 22.3. The second-order valence-corrected chi connectivity index (χ2v) is 6.98. The van der Waals surface area contributed by atoms with Gasteiger partial charge in [-0.3, -0.25) is 9.79 Å². The van der Waals surface area contributed by atoms with Crippen LogP contribution in [0.25, 0.3) is 0 Å². The molecule has 1 aliphatic heterocycles. The number of amides is 1. The Kier molecular flexibility index (Phi) is 8.35. The summed E-state index contributed by atoms with van der Waals surface area (Å²) < 4.78 is 5.66. The molecule has 2 N–H and O–H groups in total. The van der Waals surface area contributed by atoms with Crippen LogP contribution in [0.4, 0.5) is 0 Å². The van der Waals surface area contributed by atoms with Gasteiger partial charge in [-0.2, -0.15) is 0 Å². The van der Waals surface area contributed by atoms with E-state index >= 15 is 0 Å². The van der Waals surface area contributed by atoms with Gasteiger partial charge in [0.05, 0.1) is 6.04 Å². The van der Waals surface area contributed by atoms with Gasteiger partial charge < -0.3 is 20.0 Å². The first-order chi connectivity index (χ1) is 13.0. The minimum absolute atomic E-state index is 0. The third kappa shape index (κ3) is 5.98. The lowest BCUT2D eigenvalue weighted by Crippen LogP contribution is -2.38. The molecule has 1 aromatic carbocycles. The highest BCUT2D eigenvalue weighted by molar-refractivity contribution is 14.0. The minimum atomic E-state index is 0. The van der Waals surface area contributed by atoms with Crippen LogP contribution in [0.15, 0.2) is 45.8 Å². The molecular formula is C21H29IN4O2. The highest BCUT2D eigenvalue weighted by atomic mass is 127. The second kappa shape index (κ2) is 10.5. The van der Waals surface area contributed by atoms with Gasteiger partial charge >= 0.3 is 0 Å². The Hall–Kier alpha value is -2.03. The SMILES string of the molecule is CN=C(NCc1cccc(CN2CCCC2=O)c1)NC(C)c1ccc(C)o1.I. The number of aryl methyl sites for hydroxylation is 1. The monoisotopic (exact) mass is 496 g/mol. The summed E-state index contributed by atoms with van der Waals surface area (Å²) in [6.07, 6.45) is 1.64. The highest BCUT2D eigenvalue weighted by Crippen LogP contribution is 2.16. The lowest BCUT2D eigenvalue weighted by atomic mass is 10.1. The molecule has 1 atom stereocenters. The molecule has 7 heteroatoms. The highest BCUT2D eigenvalue weighted by Gasteiger charge is 2.20. The standard InChI is InChI=1S/C21H28N4O2.HI/c1-15-9-10-19(27-15)16(2)24-21(22-3)23-13-17-6-4-7-18(12-17)14-25-11-5-8-20(25)26;/h4,6-7,9-10,12,16H,5,8,11,13-14H2,1-3H3,(H2,22,23,24);1H. The number of aliphatic imine (C=N–C) groups is 1. The molecule has 2 heterocycles. The first-order valence-corrected chi connectivity index (χ1v) is 9.44. The van der Waals surface area contributed by atoms with E-state index in [-0.39, 0.29) is 35.9 Å². The van der Waals surface area contributed by atoms with Crippen molar-refractivity contribution in [3.63, 3.8) is 0 Å². The summed E-state index contributed by atoms with van der Waals surface area (Å²) in [7, 11) is 1.75. The third-order valence-electron chi connectivity index (χ3n) is 4.76. The number of nitrogens with zero attached hydrogens (tertiary/aromatic N) is 2. The van der Waals surface area contributed by atoms with E-state index in [9.17, 15) is 4.79 Å². The van der Waals surface area contributed by atoms with Crippen LogP contribution in [0.1, 0.15) is 48.5 Å². The number of halogens is 1. The number of carbonyl (C=O) groups excluding carboxylic acids is 1. The normalized spacial score (nSPS) is 15.3. The maximum atomic E-state index is 11.8. The number of hydrogen-bond donors (Lipinski definition) is 2. The average molecular weight is 496 g/mol. The van der Waals surface area contributed by atoms with E-state index in [1.54, 1.807) is 7.05 Å². The van der Waals surface area contributed by atoms with Gasteiger partial charge in [-0.05, 0) is 43.5 Å². The number of likely N-dealkylation sites (tertiary alicyclic amines) is 1. The third-order valence-corrected chi connectivity index (χ3v) is 4.76. The predicted molar refractivity (Wildman–Crippen MR) is 122 cm³/mol. The van der Waals surface area contributed by atoms with Crippen LogP contribution < -0.4 is 10.6 Å². The van der Waals surface area contributed by atoms with Gasteiger partial charge in [-0.1, -0.05) is 24.3 Å². The van der Waals surface area contributed by atoms with E-state index in [1.165, 1.54) is 0 Å². The molecule has 1 aliphatic rings. The summed E-state index contributed by atoms with van der Waals surface area (Å²) in [4.78, 5) is 18.0. The molecule has 0 spiro atoms. The van der Waals surface area contributed by atoms with Gasteiger partial charge in [0.25, 0.3) is 0 Å². The van der Waals surface area contributed by atoms with E-state index in [2.05, 4.69) is 33.8 Å². The maximum Gasteiger partial charge on any atom is 0.222 e. The molecule has 3 rings (SSSR count).